The second-order valence-electron chi connectivity index (χ2n) is 4.32. The second-order valence-corrected chi connectivity index (χ2v) is 5.18. The standard InChI is InChI=1S/C14H20BrNO2/c1-4-16-9-10(2)13(17)8-11-5-6-14(18-3)12(15)7-11/h5-7,10,16H,4,8-9H2,1-3H3. The molecule has 0 fully saturated rings. The Balaban J connectivity index is 2.61. The Morgan fingerprint density at radius 3 is 2.78 bits per heavy atom. The van der Waals surface area contributed by atoms with Gasteiger partial charge in [-0.15, -0.1) is 0 Å². The van der Waals surface area contributed by atoms with E-state index in [9.17, 15) is 4.79 Å². The van der Waals surface area contributed by atoms with Crippen LogP contribution in [0.3, 0.4) is 0 Å². The molecule has 0 saturated heterocycles. The summed E-state index contributed by atoms with van der Waals surface area (Å²) in [4.78, 5) is 12.0. The quantitative estimate of drug-likeness (QED) is 0.841. The van der Waals surface area contributed by atoms with Crippen LogP contribution < -0.4 is 10.1 Å². The van der Waals surface area contributed by atoms with Gasteiger partial charge in [0, 0.05) is 18.9 Å². The number of halogens is 1. The van der Waals surface area contributed by atoms with Gasteiger partial charge >= 0.3 is 0 Å². The number of methoxy groups -OCH3 is 1. The Bertz CT molecular complexity index is 407. The first-order valence-corrected chi connectivity index (χ1v) is 6.93. The van der Waals surface area contributed by atoms with Crippen LogP contribution in [0.25, 0.3) is 0 Å². The maximum atomic E-state index is 12.0. The molecule has 0 aliphatic heterocycles. The summed E-state index contributed by atoms with van der Waals surface area (Å²) in [6.07, 6.45) is 0.467. The van der Waals surface area contributed by atoms with Gasteiger partial charge in [0.05, 0.1) is 11.6 Å². The van der Waals surface area contributed by atoms with Gasteiger partial charge in [0.25, 0.3) is 0 Å². The molecule has 1 atom stereocenters. The number of hydrogen-bond acceptors (Lipinski definition) is 3. The number of nitrogens with one attached hydrogen (secondary N) is 1. The van der Waals surface area contributed by atoms with E-state index in [0.717, 1.165) is 28.9 Å². The van der Waals surface area contributed by atoms with Crippen LogP contribution in [0.15, 0.2) is 22.7 Å². The average Bonchev–Trinajstić information content (AvgIpc) is 2.36. The summed E-state index contributed by atoms with van der Waals surface area (Å²) in [5.74, 6) is 1.09. The van der Waals surface area contributed by atoms with Crippen LogP contribution in [-0.2, 0) is 11.2 Å². The van der Waals surface area contributed by atoms with Gasteiger partial charge in [0.15, 0.2) is 0 Å². The Kier molecular flexibility index (Phi) is 6.36. The first kappa shape index (κ1) is 15.2. The molecule has 0 amide bonds. The molecule has 1 aromatic carbocycles. The number of carbonyl (C=O) groups excluding carboxylic acids is 1. The monoisotopic (exact) mass is 313 g/mol. The van der Waals surface area contributed by atoms with E-state index in [0.29, 0.717) is 6.42 Å². The third-order valence-electron chi connectivity index (χ3n) is 2.84. The molecule has 4 heteroatoms. The normalized spacial score (nSPS) is 12.2. The van der Waals surface area contributed by atoms with Crippen LogP contribution >= 0.6 is 15.9 Å². The molecular weight excluding hydrogens is 294 g/mol. The fraction of sp³-hybridized carbons (Fsp3) is 0.500. The Morgan fingerprint density at radius 1 is 1.50 bits per heavy atom. The number of ketones is 1. The number of carbonyl (C=O) groups is 1. The van der Waals surface area contributed by atoms with Gasteiger partial charge in [0.1, 0.15) is 11.5 Å². The van der Waals surface area contributed by atoms with Crippen molar-refractivity contribution in [3.05, 3.63) is 28.2 Å². The fourth-order valence-electron chi connectivity index (χ4n) is 1.67. The molecule has 1 unspecified atom stereocenters. The highest BCUT2D eigenvalue weighted by Gasteiger charge is 2.13. The van der Waals surface area contributed by atoms with E-state index in [-0.39, 0.29) is 11.7 Å². The molecule has 0 bridgehead atoms. The molecule has 1 N–H and O–H groups in total. The van der Waals surface area contributed by atoms with Crippen LogP contribution in [0.5, 0.6) is 5.75 Å². The summed E-state index contributed by atoms with van der Waals surface area (Å²) >= 11 is 3.43. The smallest absolute Gasteiger partial charge is 0.141 e. The van der Waals surface area contributed by atoms with Crippen molar-refractivity contribution in [1.82, 2.24) is 5.32 Å². The molecule has 18 heavy (non-hydrogen) atoms. The molecule has 3 nitrogen and oxygen atoms in total. The minimum Gasteiger partial charge on any atom is -0.496 e. The van der Waals surface area contributed by atoms with Gasteiger partial charge in [-0.2, -0.15) is 0 Å². The van der Waals surface area contributed by atoms with Crippen molar-refractivity contribution in [2.75, 3.05) is 20.2 Å². The minimum atomic E-state index is 0.0471. The third-order valence-corrected chi connectivity index (χ3v) is 3.46. The number of Topliss-reactive ketones (excluding diaryl/α,β-unsaturated/α-hetero) is 1. The number of ether oxygens (including phenoxy) is 1. The summed E-state index contributed by atoms with van der Waals surface area (Å²) in [5, 5.41) is 3.19. The van der Waals surface area contributed by atoms with Gasteiger partial charge in [-0.25, -0.2) is 0 Å². The van der Waals surface area contributed by atoms with Crippen LogP contribution in [0.4, 0.5) is 0 Å². The minimum absolute atomic E-state index is 0.0471. The molecule has 1 rings (SSSR count). The lowest BCUT2D eigenvalue weighted by molar-refractivity contribution is -0.121. The van der Waals surface area contributed by atoms with E-state index in [1.54, 1.807) is 7.11 Å². The summed E-state index contributed by atoms with van der Waals surface area (Å²) in [6.45, 7) is 5.64. The SMILES string of the molecule is CCNCC(C)C(=O)Cc1ccc(OC)c(Br)c1. The predicted molar refractivity (Wildman–Crippen MR) is 77.1 cm³/mol. The zero-order valence-electron chi connectivity index (χ0n) is 11.1. The van der Waals surface area contributed by atoms with E-state index in [1.165, 1.54) is 0 Å². The molecule has 0 aromatic heterocycles. The van der Waals surface area contributed by atoms with Crippen molar-refractivity contribution in [2.24, 2.45) is 5.92 Å². The van der Waals surface area contributed by atoms with E-state index in [4.69, 9.17) is 4.74 Å². The van der Waals surface area contributed by atoms with Gasteiger partial charge in [-0.05, 0) is 40.2 Å². The first-order chi connectivity index (χ1) is 8.58. The lowest BCUT2D eigenvalue weighted by atomic mass is 9.99. The molecule has 100 valence electrons. The topological polar surface area (TPSA) is 38.3 Å². The van der Waals surface area contributed by atoms with Crippen molar-refractivity contribution < 1.29 is 9.53 Å². The van der Waals surface area contributed by atoms with Crippen molar-refractivity contribution >= 4 is 21.7 Å². The number of hydrogen-bond donors (Lipinski definition) is 1. The zero-order valence-corrected chi connectivity index (χ0v) is 12.7. The summed E-state index contributed by atoms with van der Waals surface area (Å²) in [7, 11) is 1.63. The fourth-order valence-corrected chi connectivity index (χ4v) is 2.26. The van der Waals surface area contributed by atoms with Crippen molar-refractivity contribution in [3.8, 4) is 5.75 Å². The van der Waals surface area contributed by atoms with E-state index in [2.05, 4.69) is 21.2 Å². The average molecular weight is 314 g/mol. The van der Waals surface area contributed by atoms with Crippen LogP contribution in [0.2, 0.25) is 0 Å². The van der Waals surface area contributed by atoms with Gasteiger partial charge in [0.2, 0.25) is 0 Å². The van der Waals surface area contributed by atoms with Crippen molar-refractivity contribution in [1.29, 1.82) is 0 Å². The van der Waals surface area contributed by atoms with Crippen LogP contribution in [0, 0.1) is 5.92 Å². The maximum Gasteiger partial charge on any atom is 0.141 e. The lowest BCUT2D eigenvalue weighted by Gasteiger charge is -2.11. The lowest BCUT2D eigenvalue weighted by Crippen LogP contribution is -2.27. The van der Waals surface area contributed by atoms with Crippen LogP contribution in [-0.4, -0.2) is 26.0 Å². The van der Waals surface area contributed by atoms with E-state index < -0.39 is 0 Å². The summed E-state index contributed by atoms with van der Waals surface area (Å²) in [5.41, 5.74) is 1.01. The van der Waals surface area contributed by atoms with Gasteiger partial charge in [-0.1, -0.05) is 19.9 Å². The predicted octanol–water partition coefficient (Wildman–Crippen LogP) is 2.81. The molecule has 1 aromatic rings. The Morgan fingerprint density at radius 2 is 2.22 bits per heavy atom. The highest BCUT2D eigenvalue weighted by molar-refractivity contribution is 9.10. The molecular formula is C14H20BrNO2. The first-order valence-electron chi connectivity index (χ1n) is 6.14. The summed E-state index contributed by atoms with van der Waals surface area (Å²) < 4.78 is 6.05. The molecule has 0 spiro atoms. The Labute approximate surface area is 117 Å². The number of rotatable bonds is 7. The number of benzene rings is 1. The zero-order chi connectivity index (χ0) is 13.5. The van der Waals surface area contributed by atoms with Crippen molar-refractivity contribution in [2.45, 2.75) is 20.3 Å². The molecule has 0 aliphatic rings. The Hall–Kier alpha value is -0.870. The van der Waals surface area contributed by atoms with Gasteiger partial charge < -0.3 is 10.1 Å². The molecule has 0 aliphatic carbocycles. The molecule has 0 heterocycles. The highest BCUT2D eigenvalue weighted by Crippen LogP contribution is 2.25. The van der Waals surface area contributed by atoms with E-state index >= 15 is 0 Å². The largest absolute Gasteiger partial charge is 0.496 e. The maximum absolute atomic E-state index is 12.0. The molecule has 0 saturated carbocycles. The molecule has 0 radical (unpaired) electrons. The summed E-state index contributed by atoms with van der Waals surface area (Å²) in [6, 6.07) is 5.75. The van der Waals surface area contributed by atoms with E-state index in [1.807, 2.05) is 32.0 Å². The highest BCUT2D eigenvalue weighted by atomic mass is 79.9. The second kappa shape index (κ2) is 7.54. The van der Waals surface area contributed by atoms with Crippen molar-refractivity contribution in [3.63, 3.8) is 0 Å². The third kappa shape index (κ3) is 4.42. The van der Waals surface area contributed by atoms with Gasteiger partial charge in [-0.3, -0.25) is 4.79 Å². The van der Waals surface area contributed by atoms with Crippen LogP contribution in [0.1, 0.15) is 19.4 Å².